The lowest BCUT2D eigenvalue weighted by Gasteiger charge is -2.62. The first-order valence-corrected chi connectivity index (χ1v) is 10.9. The summed E-state index contributed by atoms with van der Waals surface area (Å²) in [4.78, 5) is 12.4. The third kappa shape index (κ3) is 2.10. The maximum atomic E-state index is 12.4. The average Bonchev–Trinajstić information content (AvgIpc) is 3.21. The van der Waals surface area contributed by atoms with Crippen molar-refractivity contribution >= 4 is 5.78 Å². The van der Waals surface area contributed by atoms with Gasteiger partial charge in [-0.1, -0.05) is 13.8 Å². The molecular formula is C23H36O2. The van der Waals surface area contributed by atoms with Crippen molar-refractivity contribution in [1.82, 2.24) is 0 Å². The lowest BCUT2D eigenvalue weighted by atomic mass is 9.43. The van der Waals surface area contributed by atoms with Gasteiger partial charge in [0.2, 0.25) is 0 Å². The van der Waals surface area contributed by atoms with E-state index < -0.39 is 5.60 Å². The Morgan fingerprint density at radius 1 is 0.920 bits per heavy atom. The lowest BCUT2D eigenvalue weighted by molar-refractivity contribution is -0.155. The van der Waals surface area contributed by atoms with Crippen molar-refractivity contribution in [2.75, 3.05) is 0 Å². The second kappa shape index (κ2) is 4.91. The van der Waals surface area contributed by atoms with Gasteiger partial charge in [0, 0.05) is 5.92 Å². The number of ketones is 1. The number of hydrogen-bond acceptors (Lipinski definition) is 2. The van der Waals surface area contributed by atoms with Crippen LogP contribution in [-0.4, -0.2) is 16.5 Å². The van der Waals surface area contributed by atoms with Crippen molar-refractivity contribution < 1.29 is 9.90 Å². The van der Waals surface area contributed by atoms with Gasteiger partial charge in [-0.15, -0.1) is 0 Å². The van der Waals surface area contributed by atoms with E-state index in [1.54, 1.807) is 0 Å². The molecule has 140 valence electrons. The van der Waals surface area contributed by atoms with Crippen LogP contribution in [0.2, 0.25) is 0 Å². The minimum atomic E-state index is -0.436. The van der Waals surface area contributed by atoms with Gasteiger partial charge in [0.25, 0.3) is 0 Å². The van der Waals surface area contributed by atoms with E-state index in [-0.39, 0.29) is 0 Å². The molecule has 5 aliphatic rings. The Bertz CT molecular complexity index is 609. The molecule has 0 aromatic heterocycles. The predicted molar refractivity (Wildman–Crippen MR) is 98.9 cm³/mol. The van der Waals surface area contributed by atoms with Gasteiger partial charge in [-0.05, 0) is 112 Å². The number of fused-ring (bicyclic) bond motifs is 7. The molecule has 2 heteroatoms. The van der Waals surface area contributed by atoms with E-state index in [4.69, 9.17) is 0 Å². The Hall–Kier alpha value is -0.370. The summed E-state index contributed by atoms with van der Waals surface area (Å²) in [6.45, 7) is 8.96. The summed E-state index contributed by atoms with van der Waals surface area (Å²) in [5, 5.41) is 10.6. The zero-order chi connectivity index (χ0) is 17.8. The molecule has 5 saturated carbocycles. The minimum absolute atomic E-state index is 0.296. The Morgan fingerprint density at radius 2 is 1.68 bits per heavy atom. The van der Waals surface area contributed by atoms with Crippen LogP contribution < -0.4 is 0 Å². The Balaban J connectivity index is 1.47. The van der Waals surface area contributed by atoms with E-state index in [1.807, 2.05) is 6.92 Å². The fourth-order valence-corrected chi connectivity index (χ4v) is 9.16. The zero-order valence-electron chi connectivity index (χ0n) is 16.6. The van der Waals surface area contributed by atoms with Crippen molar-refractivity contribution in [3.05, 3.63) is 0 Å². The summed E-state index contributed by atoms with van der Waals surface area (Å²) >= 11 is 0. The van der Waals surface area contributed by atoms with Gasteiger partial charge < -0.3 is 5.11 Å². The standard InChI is InChI=1S/C23H36O2/c1-13(24)19-16-11-17(16)20-15-6-5-14-12-21(2,25)9-10-22(14,3)18(15)7-8-23(19,20)4/h14-20,25H,5-12H2,1-4H3/t14-,15+,16-,17+,18-,19-,20+,21+,22-,23+/m0/s1. The van der Waals surface area contributed by atoms with Crippen molar-refractivity contribution in [2.45, 2.75) is 84.7 Å². The fourth-order valence-electron chi connectivity index (χ4n) is 9.16. The molecule has 0 unspecified atom stereocenters. The molecule has 5 rings (SSSR count). The zero-order valence-corrected chi connectivity index (χ0v) is 16.6. The van der Waals surface area contributed by atoms with Gasteiger partial charge in [0.05, 0.1) is 5.60 Å². The smallest absolute Gasteiger partial charge is 0.133 e. The van der Waals surface area contributed by atoms with Crippen LogP contribution in [0.4, 0.5) is 0 Å². The summed E-state index contributed by atoms with van der Waals surface area (Å²) in [6.07, 6.45) is 9.80. The molecule has 2 nitrogen and oxygen atoms in total. The number of carbonyl (C=O) groups excluding carboxylic acids is 1. The largest absolute Gasteiger partial charge is 0.390 e. The van der Waals surface area contributed by atoms with Crippen LogP contribution in [0.1, 0.15) is 79.1 Å². The molecule has 0 amide bonds. The molecule has 25 heavy (non-hydrogen) atoms. The normalized spacial score (nSPS) is 62.4. The van der Waals surface area contributed by atoms with Gasteiger partial charge in [-0.25, -0.2) is 0 Å². The van der Waals surface area contributed by atoms with Crippen molar-refractivity contribution in [3.63, 3.8) is 0 Å². The van der Waals surface area contributed by atoms with E-state index >= 15 is 0 Å². The number of hydrogen-bond donors (Lipinski definition) is 1. The molecule has 0 aliphatic heterocycles. The van der Waals surface area contributed by atoms with Gasteiger partial charge >= 0.3 is 0 Å². The molecule has 5 aliphatic carbocycles. The average molecular weight is 345 g/mol. The summed E-state index contributed by atoms with van der Waals surface area (Å²) in [5.41, 5.74) is 0.296. The van der Waals surface area contributed by atoms with Crippen molar-refractivity contribution in [2.24, 2.45) is 52.3 Å². The maximum Gasteiger partial charge on any atom is 0.133 e. The van der Waals surface area contributed by atoms with Crippen LogP contribution in [0.5, 0.6) is 0 Å². The SMILES string of the molecule is CC(=O)[C@H]1[C@H]2C[C@H]2[C@H]2[C@@H]3CC[C@H]4C[C@](C)(O)CC[C@]4(C)[C@H]3CC[C@@]21C. The number of rotatable bonds is 1. The van der Waals surface area contributed by atoms with Crippen molar-refractivity contribution in [3.8, 4) is 0 Å². The van der Waals surface area contributed by atoms with Gasteiger partial charge in [0.1, 0.15) is 5.78 Å². The van der Waals surface area contributed by atoms with Crippen LogP contribution in [0.3, 0.4) is 0 Å². The molecule has 0 aromatic rings. The summed E-state index contributed by atoms with van der Waals surface area (Å²) in [6, 6.07) is 0. The Morgan fingerprint density at radius 3 is 2.40 bits per heavy atom. The van der Waals surface area contributed by atoms with E-state index in [2.05, 4.69) is 20.8 Å². The van der Waals surface area contributed by atoms with Crippen LogP contribution in [-0.2, 0) is 4.79 Å². The van der Waals surface area contributed by atoms with E-state index in [1.165, 1.54) is 38.5 Å². The second-order valence-corrected chi connectivity index (χ2v) is 11.5. The molecule has 0 spiro atoms. The van der Waals surface area contributed by atoms with Gasteiger partial charge in [-0.2, -0.15) is 0 Å². The monoisotopic (exact) mass is 344 g/mol. The maximum absolute atomic E-state index is 12.4. The third-order valence-electron chi connectivity index (χ3n) is 10.2. The number of carbonyl (C=O) groups is 1. The van der Waals surface area contributed by atoms with E-state index in [0.717, 1.165) is 42.4 Å². The second-order valence-electron chi connectivity index (χ2n) is 11.5. The lowest BCUT2D eigenvalue weighted by Crippen LogP contribution is -2.56. The molecule has 0 radical (unpaired) electrons. The summed E-state index contributed by atoms with van der Waals surface area (Å²) < 4.78 is 0. The van der Waals surface area contributed by atoms with Crippen molar-refractivity contribution in [1.29, 1.82) is 0 Å². The first kappa shape index (κ1) is 16.8. The highest BCUT2D eigenvalue weighted by Gasteiger charge is 2.71. The summed E-state index contributed by atoms with van der Waals surface area (Å²) in [5.74, 6) is 5.63. The summed E-state index contributed by atoms with van der Waals surface area (Å²) in [7, 11) is 0. The molecule has 0 heterocycles. The van der Waals surface area contributed by atoms with Crippen LogP contribution in [0.25, 0.3) is 0 Å². The van der Waals surface area contributed by atoms with Gasteiger partial charge in [0.15, 0.2) is 0 Å². The number of Topliss-reactive ketones (excluding diaryl/α,β-unsaturated/α-hetero) is 1. The highest BCUT2D eigenvalue weighted by atomic mass is 16.3. The molecule has 10 atom stereocenters. The quantitative estimate of drug-likeness (QED) is 0.739. The van der Waals surface area contributed by atoms with E-state index in [0.29, 0.717) is 28.4 Å². The minimum Gasteiger partial charge on any atom is -0.390 e. The van der Waals surface area contributed by atoms with Crippen LogP contribution in [0, 0.1) is 52.3 Å². The molecule has 0 saturated heterocycles. The predicted octanol–water partition coefficient (Wildman–Crippen LogP) is 4.84. The first-order chi connectivity index (χ1) is 11.7. The third-order valence-corrected chi connectivity index (χ3v) is 10.2. The number of aliphatic hydroxyl groups is 1. The van der Waals surface area contributed by atoms with Crippen LogP contribution in [0.15, 0.2) is 0 Å². The Kier molecular flexibility index (Phi) is 3.30. The Labute approximate surface area is 153 Å². The molecule has 0 bridgehead atoms. The van der Waals surface area contributed by atoms with Crippen LogP contribution >= 0.6 is 0 Å². The fraction of sp³-hybridized carbons (Fsp3) is 0.957. The van der Waals surface area contributed by atoms with Gasteiger partial charge in [-0.3, -0.25) is 4.79 Å². The molecular weight excluding hydrogens is 308 g/mol. The highest BCUT2D eigenvalue weighted by molar-refractivity contribution is 5.80. The molecule has 5 fully saturated rings. The topological polar surface area (TPSA) is 37.3 Å². The first-order valence-electron chi connectivity index (χ1n) is 10.9. The molecule has 0 aromatic carbocycles. The molecule has 1 N–H and O–H groups in total. The highest BCUT2D eigenvalue weighted by Crippen LogP contribution is 2.76. The van der Waals surface area contributed by atoms with E-state index in [9.17, 15) is 9.90 Å².